The molecular weight excluding hydrogens is 336 g/mol. The Labute approximate surface area is 139 Å². The molecule has 0 bridgehead atoms. The summed E-state index contributed by atoms with van der Waals surface area (Å²) in [6.45, 7) is 1.82. The van der Waals surface area contributed by atoms with Crippen LogP contribution in [0.2, 0.25) is 0 Å². The lowest BCUT2D eigenvalue weighted by Crippen LogP contribution is -2.40. The van der Waals surface area contributed by atoms with E-state index in [1.54, 1.807) is 29.6 Å². The maximum atomic E-state index is 12.0. The summed E-state index contributed by atoms with van der Waals surface area (Å²) in [7, 11) is -3.57. The number of rotatable bonds is 6. The van der Waals surface area contributed by atoms with E-state index >= 15 is 0 Å². The Morgan fingerprint density at radius 1 is 1.35 bits per heavy atom. The van der Waals surface area contributed by atoms with Crippen LogP contribution < -0.4 is 15.4 Å². The Morgan fingerprint density at radius 2 is 2.00 bits per heavy atom. The fourth-order valence-electron chi connectivity index (χ4n) is 1.89. The quantitative estimate of drug-likeness (QED) is 0.808. The number of sulfonamides is 1. The van der Waals surface area contributed by atoms with Crippen molar-refractivity contribution in [3.63, 3.8) is 0 Å². The number of nitrogens with zero attached hydrogens (tertiary/aromatic N) is 2. The van der Waals surface area contributed by atoms with Gasteiger partial charge in [-0.2, -0.15) is 0 Å². The summed E-state index contributed by atoms with van der Waals surface area (Å²) in [5.74, 6) is -0.414. The van der Waals surface area contributed by atoms with Crippen molar-refractivity contribution < 1.29 is 13.2 Å². The van der Waals surface area contributed by atoms with E-state index in [1.807, 2.05) is 6.92 Å². The van der Waals surface area contributed by atoms with E-state index in [1.165, 1.54) is 11.3 Å². The Hall–Kier alpha value is -2.13. The molecular formula is C14H18N4O3S2. The lowest BCUT2D eigenvalue weighted by Gasteiger charge is -2.21. The number of hydrogen-bond acceptors (Lipinski definition) is 6. The zero-order valence-electron chi connectivity index (χ0n) is 12.8. The van der Waals surface area contributed by atoms with Crippen molar-refractivity contribution >= 4 is 38.1 Å². The normalized spacial score (nSPS) is 11.2. The van der Waals surface area contributed by atoms with Gasteiger partial charge in [-0.1, -0.05) is 17.7 Å². The third-order valence-corrected chi connectivity index (χ3v) is 4.91. The number of carbonyl (C=O) groups is 1. The molecule has 0 aliphatic heterocycles. The fraction of sp³-hybridized carbons (Fsp3) is 0.286. The van der Waals surface area contributed by atoms with Crippen LogP contribution in [0.3, 0.4) is 0 Å². The molecule has 0 fully saturated rings. The number of hydrogen-bond donors (Lipinski definition) is 2. The predicted molar refractivity (Wildman–Crippen MR) is 91.7 cm³/mol. The van der Waals surface area contributed by atoms with Crippen molar-refractivity contribution in [3.8, 4) is 0 Å². The summed E-state index contributed by atoms with van der Waals surface area (Å²) in [6, 6.07) is 6.93. The summed E-state index contributed by atoms with van der Waals surface area (Å²) >= 11 is 1.28. The number of benzene rings is 1. The van der Waals surface area contributed by atoms with Crippen LogP contribution >= 0.6 is 11.3 Å². The van der Waals surface area contributed by atoms with Crippen molar-refractivity contribution in [1.82, 2.24) is 10.3 Å². The summed E-state index contributed by atoms with van der Waals surface area (Å²) in [4.78, 5) is 16.1. The number of aromatic nitrogens is 1. The largest absolute Gasteiger partial charge is 0.375 e. The molecule has 1 amide bonds. The van der Waals surface area contributed by atoms with Gasteiger partial charge in [-0.05, 0) is 19.1 Å². The number of anilines is 2. The topological polar surface area (TPSA) is 105 Å². The molecule has 2 aromatic rings. The first-order valence-electron chi connectivity index (χ1n) is 6.76. The molecule has 0 saturated heterocycles. The van der Waals surface area contributed by atoms with Crippen LogP contribution in [0.25, 0.3) is 0 Å². The monoisotopic (exact) mass is 354 g/mol. The van der Waals surface area contributed by atoms with E-state index in [9.17, 15) is 13.2 Å². The van der Waals surface area contributed by atoms with Crippen molar-refractivity contribution in [2.45, 2.75) is 13.5 Å². The molecule has 0 spiro atoms. The molecule has 0 aliphatic rings. The number of carbonyl (C=O) groups excluding carboxylic acids is 1. The first-order valence-corrected chi connectivity index (χ1v) is 9.49. The van der Waals surface area contributed by atoms with Crippen LogP contribution in [0.15, 0.2) is 29.6 Å². The second-order valence-electron chi connectivity index (χ2n) is 5.06. The minimum Gasteiger partial charge on any atom is -0.375 e. The van der Waals surface area contributed by atoms with E-state index < -0.39 is 15.9 Å². The van der Waals surface area contributed by atoms with Gasteiger partial charge in [-0.3, -0.25) is 9.10 Å². The predicted octanol–water partition coefficient (Wildman–Crippen LogP) is 1.12. The number of nitrogens with one attached hydrogen (secondary N) is 1. The van der Waals surface area contributed by atoms with Crippen molar-refractivity contribution in [1.29, 1.82) is 0 Å². The highest BCUT2D eigenvalue weighted by Gasteiger charge is 2.20. The SMILES string of the molecule is Cc1ccc(N(CC(=O)NCc2csc(N)n2)S(C)(=O)=O)cc1. The number of nitrogen functional groups attached to an aromatic ring is 1. The first kappa shape index (κ1) is 17.2. The summed E-state index contributed by atoms with van der Waals surface area (Å²) in [5, 5.41) is 4.80. The molecule has 0 saturated carbocycles. The highest BCUT2D eigenvalue weighted by atomic mass is 32.2. The molecule has 0 aliphatic carbocycles. The van der Waals surface area contributed by atoms with Gasteiger partial charge in [0.2, 0.25) is 15.9 Å². The number of nitrogens with two attached hydrogens (primary N) is 1. The van der Waals surface area contributed by atoms with Gasteiger partial charge in [0, 0.05) is 5.38 Å². The Balaban J connectivity index is 2.06. The number of amides is 1. The lowest BCUT2D eigenvalue weighted by atomic mass is 10.2. The molecule has 124 valence electrons. The molecule has 9 heteroatoms. The maximum absolute atomic E-state index is 12.0. The summed E-state index contributed by atoms with van der Waals surface area (Å²) in [6.07, 6.45) is 1.07. The van der Waals surface area contributed by atoms with Crippen LogP contribution in [-0.4, -0.2) is 32.1 Å². The molecule has 1 heterocycles. The summed E-state index contributed by atoms with van der Waals surface area (Å²) < 4.78 is 25.0. The molecule has 23 heavy (non-hydrogen) atoms. The molecule has 0 atom stereocenters. The molecule has 1 aromatic heterocycles. The van der Waals surface area contributed by atoms with Crippen LogP contribution in [0, 0.1) is 6.92 Å². The van der Waals surface area contributed by atoms with E-state index in [4.69, 9.17) is 5.73 Å². The third kappa shape index (κ3) is 4.93. The van der Waals surface area contributed by atoms with Gasteiger partial charge in [0.1, 0.15) is 6.54 Å². The van der Waals surface area contributed by atoms with Crippen LogP contribution in [0.4, 0.5) is 10.8 Å². The van der Waals surface area contributed by atoms with Crippen LogP contribution in [0.5, 0.6) is 0 Å². The molecule has 2 rings (SSSR count). The minimum atomic E-state index is -3.57. The molecule has 0 unspecified atom stereocenters. The number of thiazole rings is 1. The zero-order chi connectivity index (χ0) is 17.0. The second kappa shape index (κ2) is 6.97. The molecule has 1 aromatic carbocycles. The fourth-order valence-corrected chi connectivity index (χ4v) is 3.31. The minimum absolute atomic E-state index is 0.206. The Bertz CT molecular complexity index is 785. The van der Waals surface area contributed by atoms with E-state index in [2.05, 4.69) is 10.3 Å². The third-order valence-electron chi connectivity index (χ3n) is 3.05. The first-order chi connectivity index (χ1) is 10.8. The smallest absolute Gasteiger partial charge is 0.241 e. The van der Waals surface area contributed by atoms with E-state index in [-0.39, 0.29) is 13.1 Å². The van der Waals surface area contributed by atoms with Crippen molar-refractivity contribution in [2.75, 3.05) is 22.8 Å². The van der Waals surface area contributed by atoms with E-state index in [0.717, 1.165) is 16.1 Å². The van der Waals surface area contributed by atoms with Crippen LogP contribution in [-0.2, 0) is 21.4 Å². The average Bonchev–Trinajstić information content (AvgIpc) is 2.88. The van der Waals surface area contributed by atoms with E-state index in [0.29, 0.717) is 16.5 Å². The maximum Gasteiger partial charge on any atom is 0.241 e. The molecule has 0 radical (unpaired) electrons. The lowest BCUT2D eigenvalue weighted by molar-refractivity contribution is -0.119. The highest BCUT2D eigenvalue weighted by Crippen LogP contribution is 2.18. The molecule has 7 nitrogen and oxygen atoms in total. The molecule has 3 N–H and O–H groups in total. The van der Waals surface area contributed by atoms with Gasteiger partial charge in [0.15, 0.2) is 5.13 Å². The highest BCUT2D eigenvalue weighted by molar-refractivity contribution is 7.92. The summed E-state index contributed by atoms with van der Waals surface area (Å²) in [5.41, 5.74) is 7.62. The van der Waals surface area contributed by atoms with Crippen molar-refractivity contribution in [2.24, 2.45) is 0 Å². The second-order valence-corrected chi connectivity index (χ2v) is 7.86. The van der Waals surface area contributed by atoms with Gasteiger partial charge in [-0.25, -0.2) is 13.4 Å². The Morgan fingerprint density at radius 3 is 2.52 bits per heavy atom. The van der Waals surface area contributed by atoms with Gasteiger partial charge >= 0.3 is 0 Å². The van der Waals surface area contributed by atoms with Gasteiger partial charge in [0.05, 0.1) is 24.2 Å². The average molecular weight is 354 g/mol. The van der Waals surface area contributed by atoms with Gasteiger partial charge in [-0.15, -0.1) is 11.3 Å². The van der Waals surface area contributed by atoms with Gasteiger partial charge < -0.3 is 11.1 Å². The Kier molecular flexibility index (Phi) is 5.22. The zero-order valence-corrected chi connectivity index (χ0v) is 14.4. The van der Waals surface area contributed by atoms with Crippen molar-refractivity contribution in [3.05, 3.63) is 40.9 Å². The standard InChI is InChI=1S/C14H18N4O3S2/c1-10-3-5-12(6-4-10)18(23(2,20)21)8-13(19)16-7-11-9-22-14(15)17-11/h3-6,9H,7-8H2,1-2H3,(H2,15,17)(H,16,19). The van der Waals surface area contributed by atoms with Crippen LogP contribution in [0.1, 0.15) is 11.3 Å². The number of aryl methyl sites for hydroxylation is 1. The van der Waals surface area contributed by atoms with Gasteiger partial charge in [0.25, 0.3) is 0 Å².